The van der Waals surface area contributed by atoms with Gasteiger partial charge in [0.2, 0.25) is 11.8 Å². The molecule has 3 N–H and O–H groups in total. The van der Waals surface area contributed by atoms with Crippen molar-refractivity contribution in [1.82, 2.24) is 15.5 Å². The van der Waals surface area contributed by atoms with Crippen molar-refractivity contribution in [3.05, 3.63) is 35.4 Å². The van der Waals surface area contributed by atoms with Gasteiger partial charge < -0.3 is 25.4 Å². The number of carbonyl (C=O) groups excluding carboxylic acids is 3. The van der Waals surface area contributed by atoms with Gasteiger partial charge >= 0.3 is 6.09 Å². The molecule has 0 saturated carbocycles. The Morgan fingerprint density at radius 1 is 1.00 bits per heavy atom. The van der Waals surface area contributed by atoms with Gasteiger partial charge in [-0.2, -0.15) is 0 Å². The summed E-state index contributed by atoms with van der Waals surface area (Å²) in [6.07, 6.45) is 2.89. The molecule has 198 valence electrons. The third-order valence-corrected chi connectivity index (χ3v) is 5.42. The molecule has 1 aromatic rings. The molecule has 0 spiro atoms. The Bertz CT molecular complexity index is 825. The summed E-state index contributed by atoms with van der Waals surface area (Å²) in [4.78, 5) is 41.1. The van der Waals surface area contributed by atoms with Gasteiger partial charge in [-0.3, -0.25) is 9.59 Å². The van der Waals surface area contributed by atoms with Crippen molar-refractivity contribution in [2.75, 3.05) is 13.2 Å². The van der Waals surface area contributed by atoms with Crippen LogP contribution >= 0.6 is 0 Å². The van der Waals surface area contributed by atoms with E-state index in [-0.39, 0.29) is 5.91 Å². The molecule has 0 bridgehead atoms. The lowest BCUT2D eigenvalue weighted by Crippen LogP contribution is -2.59. The number of ether oxygens (including phenoxy) is 1. The highest BCUT2D eigenvalue weighted by Crippen LogP contribution is 2.30. The highest BCUT2D eigenvalue weighted by atomic mass is 16.6. The van der Waals surface area contributed by atoms with Crippen LogP contribution in [0.25, 0.3) is 0 Å². The van der Waals surface area contributed by atoms with Gasteiger partial charge in [0.25, 0.3) is 0 Å². The SMILES string of the molecule is CCCCCNC(=O)C(c1ccc(CC)cc1)N(C(=O)C(CO)NC(=O)OC(C)(C)C)C(C)(C)C. The number of aryl methyl sites for hydroxylation is 1. The van der Waals surface area contributed by atoms with E-state index >= 15 is 0 Å². The van der Waals surface area contributed by atoms with Crippen molar-refractivity contribution in [1.29, 1.82) is 0 Å². The maximum absolute atomic E-state index is 13.8. The number of unbranched alkanes of at least 4 members (excludes halogenated alkanes) is 2. The van der Waals surface area contributed by atoms with Gasteiger partial charge in [-0.1, -0.05) is 51.0 Å². The monoisotopic (exact) mass is 491 g/mol. The molecule has 0 aromatic heterocycles. The number of hydrogen-bond acceptors (Lipinski definition) is 5. The molecule has 8 heteroatoms. The first-order valence-corrected chi connectivity index (χ1v) is 12.5. The standard InChI is InChI=1S/C27H45N3O5/c1-9-11-12-17-28-23(32)22(20-15-13-19(10-2)14-16-20)30(26(3,4)5)24(33)21(18-31)29-25(34)35-27(6,7)8/h13-16,21-22,31H,9-12,17-18H2,1-8H3,(H,28,32)(H,29,34). The number of nitrogens with zero attached hydrogens (tertiary/aromatic N) is 1. The van der Waals surface area contributed by atoms with Gasteiger partial charge in [-0.05, 0) is 65.5 Å². The fourth-order valence-corrected chi connectivity index (χ4v) is 3.68. The molecule has 0 aliphatic carbocycles. The van der Waals surface area contributed by atoms with Crippen LogP contribution in [0.4, 0.5) is 4.79 Å². The minimum atomic E-state index is -1.27. The van der Waals surface area contributed by atoms with E-state index < -0.39 is 41.8 Å². The first-order chi connectivity index (χ1) is 16.2. The van der Waals surface area contributed by atoms with Crippen LogP contribution < -0.4 is 10.6 Å². The molecule has 2 unspecified atom stereocenters. The lowest BCUT2D eigenvalue weighted by atomic mass is 9.94. The number of rotatable bonds is 11. The first kappa shape index (κ1) is 30.4. The molecule has 0 saturated heterocycles. The third-order valence-electron chi connectivity index (χ3n) is 5.42. The van der Waals surface area contributed by atoms with E-state index in [9.17, 15) is 19.5 Å². The summed E-state index contributed by atoms with van der Waals surface area (Å²) in [5, 5.41) is 15.4. The Labute approximate surface area is 210 Å². The number of aliphatic hydroxyl groups is 1. The lowest BCUT2D eigenvalue weighted by molar-refractivity contribution is -0.149. The molecule has 0 aliphatic heterocycles. The van der Waals surface area contributed by atoms with Crippen molar-refractivity contribution >= 4 is 17.9 Å². The second-order valence-corrected chi connectivity index (χ2v) is 10.8. The molecule has 0 radical (unpaired) electrons. The van der Waals surface area contributed by atoms with Crippen LogP contribution in [0.2, 0.25) is 0 Å². The molecule has 1 rings (SSSR count). The van der Waals surface area contributed by atoms with E-state index in [1.165, 1.54) is 4.90 Å². The summed E-state index contributed by atoms with van der Waals surface area (Å²) in [5.74, 6) is -0.873. The minimum Gasteiger partial charge on any atom is -0.444 e. The van der Waals surface area contributed by atoms with Gasteiger partial charge in [-0.25, -0.2) is 4.79 Å². The van der Waals surface area contributed by atoms with Gasteiger partial charge in [0.15, 0.2) is 0 Å². The number of benzene rings is 1. The predicted molar refractivity (Wildman–Crippen MR) is 138 cm³/mol. The molecule has 0 fully saturated rings. The van der Waals surface area contributed by atoms with Crippen molar-refractivity contribution in [3.63, 3.8) is 0 Å². The number of alkyl carbamates (subject to hydrolysis) is 1. The number of nitrogens with one attached hydrogen (secondary N) is 2. The van der Waals surface area contributed by atoms with Gasteiger partial charge in [0.05, 0.1) is 6.61 Å². The Balaban J connectivity index is 3.39. The van der Waals surface area contributed by atoms with E-state index in [1.807, 2.05) is 52.0 Å². The molecule has 1 aromatic carbocycles. The summed E-state index contributed by atoms with van der Waals surface area (Å²) in [5.41, 5.74) is 0.213. The van der Waals surface area contributed by atoms with E-state index in [1.54, 1.807) is 20.8 Å². The second kappa shape index (κ2) is 13.5. The smallest absolute Gasteiger partial charge is 0.408 e. The summed E-state index contributed by atoms with van der Waals surface area (Å²) >= 11 is 0. The van der Waals surface area contributed by atoms with Crippen LogP contribution in [0.3, 0.4) is 0 Å². The normalized spacial score (nSPS) is 13.5. The maximum Gasteiger partial charge on any atom is 0.408 e. The highest BCUT2D eigenvalue weighted by molar-refractivity contribution is 5.92. The summed E-state index contributed by atoms with van der Waals surface area (Å²) in [6, 6.07) is 5.40. The molecular weight excluding hydrogens is 446 g/mol. The number of carbonyl (C=O) groups is 3. The molecule has 0 heterocycles. The summed E-state index contributed by atoms with van der Waals surface area (Å²) in [6.45, 7) is 14.6. The highest BCUT2D eigenvalue weighted by Gasteiger charge is 2.41. The first-order valence-electron chi connectivity index (χ1n) is 12.5. The molecule has 8 nitrogen and oxygen atoms in total. The van der Waals surface area contributed by atoms with Gasteiger partial charge in [-0.15, -0.1) is 0 Å². The van der Waals surface area contributed by atoms with E-state index in [0.717, 1.165) is 31.2 Å². The van der Waals surface area contributed by atoms with Crippen molar-refractivity contribution in [2.24, 2.45) is 0 Å². The Kier molecular flexibility index (Phi) is 11.7. The molecule has 2 atom stereocenters. The van der Waals surface area contributed by atoms with Crippen LogP contribution in [-0.2, 0) is 20.7 Å². The number of aliphatic hydroxyl groups excluding tert-OH is 1. The zero-order chi connectivity index (χ0) is 26.8. The molecule has 35 heavy (non-hydrogen) atoms. The summed E-state index contributed by atoms with van der Waals surface area (Å²) in [7, 11) is 0. The minimum absolute atomic E-state index is 0.303. The van der Waals surface area contributed by atoms with Crippen molar-refractivity contribution < 1.29 is 24.2 Å². The van der Waals surface area contributed by atoms with Crippen LogP contribution in [0.1, 0.15) is 91.8 Å². The molecule has 3 amide bonds. The third kappa shape index (κ3) is 9.88. The molecular formula is C27H45N3O5. The lowest BCUT2D eigenvalue weighted by Gasteiger charge is -2.42. The van der Waals surface area contributed by atoms with Gasteiger partial charge in [0, 0.05) is 12.1 Å². The van der Waals surface area contributed by atoms with E-state index in [0.29, 0.717) is 12.1 Å². The predicted octanol–water partition coefficient (Wildman–Crippen LogP) is 4.11. The van der Waals surface area contributed by atoms with Crippen LogP contribution in [-0.4, -0.2) is 58.2 Å². The number of amides is 3. The largest absolute Gasteiger partial charge is 0.444 e. The fraction of sp³-hybridized carbons (Fsp3) is 0.667. The Morgan fingerprint density at radius 3 is 2.06 bits per heavy atom. The van der Waals surface area contributed by atoms with Crippen molar-refractivity contribution in [3.8, 4) is 0 Å². The zero-order valence-corrected chi connectivity index (χ0v) is 22.7. The van der Waals surface area contributed by atoms with Crippen molar-refractivity contribution in [2.45, 2.75) is 104 Å². The van der Waals surface area contributed by atoms with E-state index in [4.69, 9.17) is 4.74 Å². The Hall–Kier alpha value is -2.61. The molecule has 0 aliphatic rings. The van der Waals surface area contributed by atoms with Crippen LogP contribution in [0.15, 0.2) is 24.3 Å². The number of hydrogen-bond donors (Lipinski definition) is 3. The average molecular weight is 492 g/mol. The maximum atomic E-state index is 13.8. The fourth-order valence-electron chi connectivity index (χ4n) is 3.68. The average Bonchev–Trinajstić information content (AvgIpc) is 2.76. The summed E-state index contributed by atoms with van der Waals surface area (Å²) < 4.78 is 5.27. The zero-order valence-electron chi connectivity index (χ0n) is 22.7. The van der Waals surface area contributed by atoms with E-state index in [2.05, 4.69) is 17.6 Å². The second-order valence-electron chi connectivity index (χ2n) is 10.8. The van der Waals surface area contributed by atoms with Crippen LogP contribution in [0, 0.1) is 0 Å². The topological polar surface area (TPSA) is 108 Å². The van der Waals surface area contributed by atoms with Gasteiger partial charge in [0.1, 0.15) is 17.7 Å². The Morgan fingerprint density at radius 2 is 1.60 bits per heavy atom. The van der Waals surface area contributed by atoms with Crippen LogP contribution in [0.5, 0.6) is 0 Å². The quantitative estimate of drug-likeness (QED) is 0.404.